The number of alkyl halides is 2. The van der Waals surface area contributed by atoms with Crippen LogP contribution in [0.25, 0.3) is 0 Å². The first-order chi connectivity index (χ1) is 11.8. The molecule has 0 amide bonds. The molecular weight excluding hydrogens is 372 g/mol. The van der Waals surface area contributed by atoms with Gasteiger partial charge < -0.3 is 4.74 Å². The van der Waals surface area contributed by atoms with E-state index in [-0.39, 0.29) is 10.6 Å². The van der Waals surface area contributed by atoms with Crippen molar-refractivity contribution in [1.29, 1.82) is 0 Å². The van der Waals surface area contributed by atoms with Gasteiger partial charge in [-0.15, -0.1) is 0 Å². The van der Waals surface area contributed by atoms with Crippen LogP contribution in [0.2, 0.25) is 5.02 Å². The van der Waals surface area contributed by atoms with Crippen molar-refractivity contribution < 1.29 is 21.9 Å². The summed E-state index contributed by atoms with van der Waals surface area (Å²) in [5, 5.41) is 0.553. The topological polar surface area (TPSA) is 55.4 Å². The monoisotopic (exact) mass is 387 g/mol. The minimum atomic E-state index is -4.05. The first kappa shape index (κ1) is 18.1. The van der Waals surface area contributed by atoms with Gasteiger partial charge in [0, 0.05) is 5.02 Å². The lowest BCUT2D eigenvalue weighted by atomic mass is 9.73. The molecule has 1 saturated carbocycles. The maximum absolute atomic E-state index is 12.8. The summed E-state index contributed by atoms with van der Waals surface area (Å²) < 4.78 is 57.8. The number of ether oxygens (including phenoxy) is 1. The van der Waals surface area contributed by atoms with Crippen LogP contribution in [-0.4, -0.2) is 15.0 Å². The number of nitrogens with one attached hydrogen (secondary N) is 1. The SMILES string of the molecule is O=S(=O)(NC1(c2ccc(Cl)cc2)CCC1)c1ccccc1OC(F)F. The second kappa shape index (κ2) is 6.90. The third-order valence-electron chi connectivity index (χ3n) is 4.29. The van der Waals surface area contributed by atoms with Crippen LogP contribution in [0.4, 0.5) is 8.78 Å². The van der Waals surface area contributed by atoms with E-state index in [0.29, 0.717) is 17.9 Å². The van der Waals surface area contributed by atoms with Crippen molar-refractivity contribution in [2.45, 2.75) is 36.3 Å². The average molecular weight is 388 g/mol. The highest BCUT2D eigenvalue weighted by atomic mass is 35.5. The largest absolute Gasteiger partial charge is 0.433 e. The van der Waals surface area contributed by atoms with Crippen LogP contribution in [0.1, 0.15) is 24.8 Å². The lowest BCUT2D eigenvalue weighted by molar-refractivity contribution is -0.0517. The van der Waals surface area contributed by atoms with E-state index in [2.05, 4.69) is 9.46 Å². The molecule has 3 rings (SSSR count). The number of hydrogen-bond donors (Lipinski definition) is 1. The molecule has 1 aliphatic rings. The highest BCUT2D eigenvalue weighted by Gasteiger charge is 2.42. The number of benzene rings is 2. The smallest absolute Gasteiger partial charge is 0.387 e. The lowest BCUT2D eigenvalue weighted by Crippen LogP contribution is -2.50. The maximum Gasteiger partial charge on any atom is 0.387 e. The van der Waals surface area contributed by atoms with E-state index in [1.807, 2.05) is 0 Å². The molecule has 134 valence electrons. The lowest BCUT2D eigenvalue weighted by Gasteiger charge is -2.42. The fourth-order valence-corrected chi connectivity index (χ4v) is 4.64. The molecule has 0 heterocycles. The summed E-state index contributed by atoms with van der Waals surface area (Å²) in [5.74, 6) is -0.379. The van der Waals surface area contributed by atoms with Crippen molar-refractivity contribution in [3.05, 3.63) is 59.1 Å². The number of para-hydroxylation sites is 1. The molecule has 8 heteroatoms. The van der Waals surface area contributed by atoms with E-state index in [0.717, 1.165) is 12.0 Å². The summed E-state index contributed by atoms with van der Waals surface area (Å²) in [6, 6.07) is 12.3. The maximum atomic E-state index is 12.8. The van der Waals surface area contributed by atoms with Gasteiger partial charge in [0.1, 0.15) is 10.6 Å². The standard InChI is InChI=1S/C17H16ClF2NO3S/c18-13-8-6-12(7-9-13)17(10-3-11-17)21-25(22,23)15-5-2-1-4-14(15)24-16(19)20/h1-2,4-9,16,21H,3,10-11H2. The summed E-state index contributed by atoms with van der Waals surface area (Å²) in [6.45, 7) is -3.11. The van der Waals surface area contributed by atoms with Crippen LogP contribution in [-0.2, 0) is 15.6 Å². The van der Waals surface area contributed by atoms with Crippen LogP contribution < -0.4 is 9.46 Å². The summed E-state index contributed by atoms with van der Waals surface area (Å²) in [6.07, 6.45) is 2.10. The molecule has 0 atom stereocenters. The van der Waals surface area contributed by atoms with E-state index in [1.54, 1.807) is 24.3 Å². The average Bonchev–Trinajstić information content (AvgIpc) is 2.52. The first-order valence-electron chi connectivity index (χ1n) is 7.66. The molecule has 25 heavy (non-hydrogen) atoms. The zero-order valence-corrected chi connectivity index (χ0v) is 14.7. The van der Waals surface area contributed by atoms with Gasteiger partial charge in [-0.2, -0.15) is 8.78 Å². The number of sulfonamides is 1. The Balaban J connectivity index is 1.94. The van der Waals surface area contributed by atoms with E-state index in [1.165, 1.54) is 24.3 Å². The minimum absolute atomic E-state index is 0.310. The van der Waals surface area contributed by atoms with Crippen LogP contribution in [0.5, 0.6) is 5.75 Å². The molecule has 4 nitrogen and oxygen atoms in total. The Bertz CT molecular complexity index is 852. The normalized spacial score (nSPS) is 16.5. The van der Waals surface area contributed by atoms with E-state index < -0.39 is 22.2 Å². The van der Waals surface area contributed by atoms with Gasteiger partial charge in [-0.1, -0.05) is 35.9 Å². The minimum Gasteiger partial charge on any atom is -0.433 e. The summed E-state index contributed by atoms with van der Waals surface area (Å²) >= 11 is 5.89. The molecule has 0 bridgehead atoms. The fourth-order valence-electron chi connectivity index (χ4n) is 2.93. The molecule has 0 radical (unpaired) electrons. The third-order valence-corrected chi connectivity index (χ3v) is 6.12. The van der Waals surface area contributed by atoms with E-state index >= 15 is 0 Å². The molecule has 0 unspecified atom stereocenters. The molecule has 0 saturated heterocycles. The Labute approximate surface area is 149 Å². The summed E-state index contributed by atoms with van der Waals surface area (Å²) in [7, 11) is -4.05. The molecule has 2 aromatic carbocycles. The molecular formula is C17H16ClF2NO3S. The summed E-state index contributed by atoms with van der Waals surface area (Å²) in [5.41, 5.74) is 0.0282. The molecule has 1 aliphatic carbocycles. The van der Waals surface area contributed by atoms with Gasteiger partial charge in [-0.05, 0) is 49.1 Å². The molecule has 0 aliphatic heterocycles. The Kier molecular flexibility index (Phi) is 4.99. The third kappa shape index (κ3) is 3.78. The second-order valence-electron chi connectivity index (χ2n) is 5.87. The van der Waals surface area contributed by atoms with Crippen LogP contribution in [0.15, 0.2) is 53.4 Å². The van der Waals surface area contributed by atoms with Crippen LogP contribution in [0.3, 0.4) is 0 Å². The van der Waals surface area contributed by atoms with E-state index in [4.69, 9.17) is 11.6 Å². The number of hydrogen-bond acceptors (Lipinski definition) is 3. The molecule has 1 fully saturated rings. The Morgan fingerprint density at radius 3 is 2.28 bits per heavy atom. The van der Waals surface area contributed by atoms with Crippen molar-refractivity contribution in [2.24, 2.45) is 0 Å². The van der Waals surface area contributed by atoms with Crippen LogP contribution in [0, 0.1) is 0 Å². The summed E-state index contributed by atoms with van der Waals surface area (Å²) in [4.78, 5) is -0.310. The van der Waals surface area contributed by atoms with Gasteiger partial charge in [0.15, 0.2) is 0 Å². The Morgan fingerprint density at radius 2 is 1.72 bits per heavy atom. The molecule has 0 spiro atoms. The van der Waals surface area contributed by atoms with Gasteiger partial charge in [-0.3, -0.25) is 0 Å². The zero-order chi connectivity index (χ0) is 18.1. The fraction of sp³-hybridized carbons (Fsp3) is 0.294. The van der Waals surface area contributed by atoms with Crippen molar-refractivity contribution >= 4 is 21.6 Å². The number of rotatable bonds is 6. The zero-order valence-electron chi connectivity index (χ0n) is 13.1. The highest BCUT2D eigenvalue weighted by molar-refractivity contribution is 7.89. The van der Waals surface area contributed by atoms with Gasteiger partial charge in [0.2, 0.25) is 10.0 Å². The molecule has 2 aromatic rings. The Morgan fingerprint density at radius 1 is 1.08 bits per heavy atom. The predicted octanol–water partition coefficient (Wildman–Crippen LogP) is 4.30. The van der Waals surface area contributed by atoms with Crippen molar-refractivity contribution in [1.82, 2.24) is 4.72 Å². The van der Waals surface area contributed by atoms with Crippen molar-refractivity contribution in [3.63, 3.8) is 0 Å². The highest BCUT2D eigenvalue weighted by Crippen LogP contribution is 2.43. The molecule has 1 N–H and O–H groups in total. The van der Waals surface area contributed by atoms with Gasteiger partial charge in [-0.25, -0.2) is 13.1 Å². The quantitative estimate of drug-likeness (QED) is 0.804. The van der Waals surface area contributed by atoms with E-state index in [9.17, 15) is 17.2 Å². The number of halogens is 3. The van der Waals surface area contributed by atoms with Gasteiger partial charge >= 0.3 is 6.61 Å². The predicted molar refractivity (Wildman–Crippen MR) is 90.4 cm³/mol. The molecule has 0 aromatic heterocycles. The van der Waals surface area contributed by atoms with Crippen LogP contribution >= 0.6 is 11.6 Å². The van der Waals surface area contributed by atoms with Crippen molar-refractivity contribution in [3.8, 4) is 5.75 Å². The first-order valence-corrected chi connectivity index (χ1v) is 9.52. The van der Waals surface area contributed by atoms with Gasteiger partial charge in [0.25, 0.3) is 0 Å². The van der Waals surface area contributed by atoms with Crippen molar-refractivity contribution in [2.75, 3.05) is 0 Å². The second-order valence-corrected chi connectivity index (χ2v) is 7.96. The van der Waals surface area contributed by atoms with Gasteiger partial charge in [0.05, 0.1) is 5.54 Å². The Hall–Kier alpha value is -1.70.